The molecule has 1 aliphatic heterocycles. The number of carbonyl (C=O) groups is 1. The largest absolute Gasteiger partial charge is 0.360 e. The molecule has 0 radical (unpaired) electrons. The summed E-state index contributed by atoms with van der Waals surface area (Å²) >= 11 is 1.70. The van der Waals surface area contributed by atoms with Gasteiger partial charge >= 0.3 is 0 Å². The highest BCUT2D eigenvalue weighted by Gasteiger charge is 2.26. The molecule has 1 fully saturated rings. The number of carbonyl (C=O) groups excluding carboxylic acids is 1. The third kappa shape index (κ3) is 3.72. The number of rotatable bonds is 5. The van der Waals surface area contributed by atoms with Gasteiger partial charge in [-0.15, -0.1) is 11.3 Å². The van der Waals surface area contributed by atoms with E-state index in [-0.39, 0.29) is 5.91 Å². The Balaban J connectivity index is 1.53. The van der Waals surface area contributed by atoms with E-state index < -0.39 is 0 Å². The number of amides is 1. The first-order chi connectivity index (χ1) is 10.7. The number of nitrogens with one attached hydrogen (secondary N) is 1. The number of aromatic nitrogens is 2. The molecule has 0 bridgehead atoms. The van der Waals surface area contributed by atoms with E-state index in [1.807, 2.05) is 11.6 Å². The van der Waals surface area contributed by atoms with Crippen LogP contribution in [-0.2, 0) is 4.79 Å². The summed E-state index contributed by atoms with van der Waals surface area (Å²) in [6.07, 6.45) is 5.84. The molecule has 118 valence electrons. The zero-order valence-electron chi connectivity index (χ0n) is 12.6. The number of piperidine rings is 1. The number of hydrogen-bond donors (Lipinski definition) is 1. The lowest BCUT2D eigenvalue weighted by atomic mass is 10.0. The van der Waals surface area contributed by atoms with Gasteiger partial charge in [-0.25, -0.2) is 4.98 Å². The number of hydrogen-bond acceptors (Lipinski definition) is 6. The molecule has 2 aromatic rings. The summed E-state index contributed by atoms with van der Waals surface area (Å²) in [7, 11) is 0. The first-order valence-corrected chi connectivity index (χ1v) is 8.47. The molecule has 1 aliphatic rings. The van der Waals surface area contributed by atoms with E-state index in [9.17, 15) is 4.79 Å². The Morgan fingerprint density at radius 1 is 1.55 bits per heavy atom. The molecule has 0 aliphatic carbocycles. The Labute approximate surface area is 133 Å². The van der Waals surface area contributed by atoms with Crippen molar-refractivity contribution in [2.45, 2.75) is 38.6 Å². The van der Waals surface area contributed by atoms with Gasteiger partial charge in [0.25, 0.3) is 0 Å². The van der Waals surface area contributed by atoms with Crippen molar-refractivity contribution in [2.75, 3.05) is 18.4 Å². The lowest BCUT2D eigenvalue weighted by Crippen LogP contribution is -2.35. The van der Waals surface area contributed by atoms with E-state index in [1.54, 1.807) is 24.3 Å². The minimum Gasteiger partial charge on any atom is -0.360 e. The van der Waals surface area contributed by atoms with E-state index in [0.29, 0.717) is 24.0 Å². The summed E-state index contributed by atoms with van der Waals surface area (Å²) in [6, 6.07) is 2.08. The standard InChI is InChI=1S/C15H20N4O2S/c1-11-10-13(18-21-11)17-14(20)5-8-19-7-3-2-4-12(19)15-16-6-9-22-15/h6,9-10,12H,2-5,7-8H2,1H3,(H,17,18,20). The summed E-state index contributed by atoms with van der Waals surface area (Å²) in [5.74, 6) is 1.14. The second-order valence-electron chi connectivity index (χ2n) is 5.54. The maximum absolute atomic E-state index is 12.0. The molecule has 3 rings (SSSR count). The second-order valence-corrected chi connectivity index (χ2v) is 6.47. The lowest BCUT2D eigenvalue weighted by Gasteiger charge is -2.34. The van der Waals surface area contributed by atoms with Crippen molar-refractivity contribution in [3.63, 3.8) is 0 Å². The average molecular weight is 320 g/mol. The van der Waals surface area contributed by atoms with Crippen molar-refractivity contribution < 1.29 is 9.32 Å². The van der Waals surface area contributed by atoms with Crippen LogP contribution in [0.5, 0.6) is 0 Å². The molecule has 1 amide bonds. The normalized spacial score (nSPS) is 19.2. The molecule has 1 atom stereocenters. The van der Waals surface area contributed by atoms with E-state index >= 15 is 0 Å². The molecule has 1 unspecified atom stereocenters. The molecule has 3 heterocycles. The van der Waals surface area contributed by atoms with E-state index in [0.717, 1.165) is 24.5 Å². The van der Waals surface area contributed by atoms with Crippen LogP contribution in [0.1, 0.15) is 42.5 Å². The molecule has 0 spiro atoms. The first-order valence-electron chi connectivity index (χ1n) is 7.59. The third-order valence-corrected chi connectivity index (χ3v) is 4.75. The van der Waals surface area contributed by atoms with Gasteiger partial charge in [0.1, 0.15) is 10.8 Å². The van der Waals surface area contributed by atoms with Gasteiger partial charge < -0.3 is 9.84 Å². The fourth-order valence-corrected chi connectivity index (χ4v) is 3.62. The Morgan fingerprint density at radius 2 is 2.45 bits per heavy atom. The predicted molar refractivity (Wildman–Crippen MR) is 84.8 cm³/mol. The third-order valence-electron chi connectivity index (χ3n) is 3.87. The van der Waals surface area contributed by atoms with Crippen molar-refractivity contribution in [1.82, 2.24) is 15.0 Å². The van der Waals surface area contributed by atoms with Gasteiger partial charge in [0, 0.05) is 30.6 Å². The van der Waals surface area contributed by atoms with Crippen LogP contribution in [0.2, 0.25) is 0 Å². The molecule has 6 nitrogen and oxygen atoms in total. The smallest absolute Gasteiger partial charge is 0.226 e. The predicted octanol–water partition coefficient (Wildman–Crippen LogP) is 3.00. The topological polar surface area (TPSA) is 71.3 Å². The zero-order chi connectivity index (χ0) is 15.4. The Bertz CT molecular complexity index is 611. The van der Waals surface area contributed by atoms with Crippen LogP contribution in [0.4, 0.5) is 5.82 Å². The van der Waals surface area contributed by atoms with Crippen LogP contribution in [0.3, 0.4) is 0 Å². The minimum atomic E-state index is -0.0308. The van der Waals surface area contributed by atoms with E-state index in [1.165, 1.54) is 12.8 Å². The quantitative estimate of drug-likeness (QED) is 0.917. The number of aryl methyl sites for hydroxylation is 1. The van der Waals surface area contributed by atoms with Gasteiger partial charge in [-0.3, -0.25) is 9.69 Å². The van der Waals surface area contributed by atoms with Crippen LogP contribution in [0, 0.1) is 6.92 Å². The Kier molecular flexibility index (Phi) is 4.84. The summed E-state index contributed by atoms with van der Waals surface area (Å²) in [4.78, 5) is 18.8. The highest BCUT2D eigenvalue weighted by atomic mass is 32.1. The molecule has 2 aromatic heterocycles. The maximum Gasteiger partial charge on any atom is 0.226 e. The van der Waals surface area contributed by atoms with Crippen LogP contribution in [0.15, 0.2) is 22.2 Å². The lowest BCUT2D eigenvalue weighted by molar-refractivity contribution is -0.116. The maximum atomic E-state index is 12.0. The molecular weight excluding hydrogens is 300 g/mol. The zero-order valence-corrected chi connectivity index (χ0v) is 13.4. The van der Waals surface area contributed by atoms with Crippen molar-refractivity contribution >= 4 is 23.1 Å². The highest BCUT2D eigenvalue weighted by Crippen LogP contribution is 2.31. The molecular formula is C15H20N4O2S. The van der Waals surface area contributed by atoms with Crippen LogP contribution >= 0.6 is 11.3 Å². The summed E-state index contributed by atoms with van der Waals surface area (Å²) in [5, 5.41) is 9.72. The summed E-state index contributed by atoms with van der Waals surface area (Å²) in [6.45, 7) is 3.57. The second kappa shape index (κ2) is 7.02. The van der Waals surface area contributed by atoms with Gasteiger partial charge in [0.2, 0.25) is 5.91 Å². The van der Waals surface area contributed by atoms with Gasteiger partial charge in [0.15, 0.2) is 5.82 Å². The van der Waals surface area contributed by atoms with Gasteiger partial charge in [-0.05, 0) is 26.3 Å². The first kappa shape index (κ1) is 15.2. The van der Waals surface area contributed by atoms with Gasteiger partial charge in [-0.2, -0.15) is 0 Å². The molecule has 1 N–H and O–H groups in total. The summed E-state index contributed by atoms with van der Waals surface area (Å²) < 4.78 is 4.94. The van der Waals surface area contributed by atoms with Gasteiger partial charge in [-0.1, -0.05) is 11.6 Å². The van der Waals surface area contributed by atoms with Crippen molar-refractivity contribution in [3.8, 4) is 0 Å². The number of likely N-dealkylation sites (tertiary alicyclic amines) is 1. The average Bonchev–Trinajstić information content (AvgIpc) is 3.17. The van der Waals surface area contributed by atoms with E-state index in [2.05, 4.69) is 20.4 Å². The molecule has 0 aromatic carbocycles. The van der Waals surface area contributed by atoms with Crippen LogP contribution < -0.4 is 5.32 Å². The van der Waals surface area contributed by atoms with E-state index in [4.69, 9.17) is 4.52 Å². The monoisotopic (exact) mass is 320 g/mol. The van der Waals surface area contributed by atoms with Crippen LogP contribution in [0.25, 0.3) is 0 Å². The van der Waals surface area contributed by atoms with Crippen molar-refractivity contribution in [2.24, 2.45) is 0 Å². The fraction of sp³-hybridized carbons (Fsp3) is 0.533. The SMILES string of the molecule is Cc1cc(NC(=O)CCN2CCCCC2c2nccs2)no1. The molecule has 7 heteroatoms. The van der Waals surface area contributed by atoms with Crippen molar-refractivity contribution in [1.29, 1.82) is 0 Å². The number of nitrogens with zero attached hydrogens (tertiary/aromatic N) is 3. The fourth-order valence-electron chi connectivity index (χ4n) is 2.81. The Morgan fingerprint density at radius 3 is 3.18 bits per heavy atom. The summed E-state index contributed by atoms with van der Waals surface area (Å²) in [5.41, 5.74) is 0. The Hall–Kier alpha value is -1.73. The molecule has 1 saturated heterocycles. The number of thiazole rings is 1. The highest BCUT2D eigenvalue weighted by molar-refractivity contribution is 7.09. The number of anilines is 1. The molecule has 22 heavy (non-hydrogen) atoms. The van der Waals surface area contributed by atoms with Crippen molar-refractivity contribution in [3.05, 3.63) is 28.4 Å². The van der Waals surface area contributed by atoms with Crippen LogP contribution in [-0.4, -0.2) is 34.0 Å². The minimum absolute atomic E-state index is 0.0308. The molecule has 0 saturated carbocycles. The van der Waals surface area contributed by atoms with Gasteiger partial charge in [0.05, 0.1) is 6.04 Å².